The fourth-order valence-electron chi connectivity index (χ4n) is 2.37. The van der Waals surface area contributed by atoms with Crippen LogP contribution in [0.15, 0.2) is 28.9 Å². The minimum absolute atomic E-state index is 0.172. The van der Waals surface area contributed by atoms with Crippen LogP contribution in [-0.2, 0) is 9.53 Å². The maximum atomic E-state index is 14.1. The van der Waals surface area contributed by atoms with Crippen molar-refractivity contribution in [3.05, 3.63) is 40.5 Å². The van der Waals surface area contributed by atoms with Gasteiger partial charge in [-0.3, -0.25) is 5.41 Å². The number of hydrogen-bond donors (Lipinski definition) is 2. The minimum Gasteiger partial charge on any atom is -0.455 e. The number of benzene rings is 1. The molecule has 0 aliphatic rings. The summed E-state index contributed by atoms with van der Waals surface area (Å²) in [6.45, 7) is 7.10. The Morgan fingerprint density at radius 2 is 2.12 bits per heavy atom. The van der Waals surface area contributed by atoms with Crippen LogP contribution in [0.2, 0.25) is 0 Å². The molecule has 1 atom stereocenters. The van der Waals surface area contributed by atoms with Crippen LogP contribution < -0.4 is 0 Å². The van der Waals surface area contributed by atoms with Crippen molar-refractivity contribution in [1.29, 1.82) is 5.41 Å². The predicted molar refractivity (Wildman–Crippen MR) is 98.3 cm³/mol. The van der Waals surface area contributed by atoms with E-state index in [1.165, 1.54) is 12.3 Å². The third-order valence-corrected chi connectivity index (χ3v) is 4.02. The number of imidazole rings is 1. The first kappa shape index (κ1) is 19.3. The van der Waals surface area contributed by atoms with Crippen LogP contribution in [0.25, 0.3) is 11.3 Å². The molecule has 0 amide bonds. The lowest BCUT2D eigenvalue weighted by atomic mass is 9.99. The van der Waals surface area contributed by atoms with E-state index in [0.29, 0.717) is 28.0 Å². The summed E-state index contributed by atoms with van der Waals surface area (Å²) in [6.07, 6.45) is 2.00. The number of carbonyl (C=O) groups excluding carboxylic acids is 1. The molecule has 1 aromatic heterocycles. The Hall–Kier alpha value is -2.02. The van der Waals surface area contributed by atoms with Crippen molar-refractivity contribution in [2.45, 2.75) is 45.6 Å². The maximum absolute atomic E-state index is 14.1. The van der Waals surface area contributed by atoms with Crippen molar-refractivity contribution in [2.24, 2.45) is 0 Å². The average molecular weight is 410 g/mol. The molecule has 2 aromatic rings. The normalized spacial score (nSPS) is 12.7. The number of aromatic amines is 1. The van der Waals surface area contributed by atoms with Gasteiger partial charge in [-0.05, 0) is 45.4 Å². The highest BCUT2D eigenvalue weighted by atomic mass is 79.9. The van der Waals surface area contributed by atoms with E-state index in [1.54, 1.807) is 32.9 Å². The third-order valence-electron chi connectivity index (χ3n) is 3.52. The van der Waals surface area contributed by atoms with Crippen LogP contribution in [0.3, 0.4) is 0 Å². The summed E-state index contributed by atoms with van der Waals surface area (Å²) in [6, 6.07) is 4.74. The summed E-state index contributed by atoms with van der Waals surface area (Å²) >= 11 is 3.22. The Labute approximate surface area is 154 Å². The first-order valence-corrected chi connectivity index (χ1v) is 8.73. The van der Waals surface area contributed by atoms with Crippen LogP contribution in [-0.4, -0.2) is 27.2 Å². The zero-order valence-electron chi connectivity index (χ0n) is 14.6. The zero-order chi connectivity index (χ0) is 18.8. The smallest absolute Gasteiger partial charge is 0.353 e. The lowest BCUT2D eigenvalue weighted by Gasteiger charge is -2.21. The lowest BCUT2D eigenvalue weighted by molar-refractivity contribution is -0.146. The fraction of sp³-hybridized carbons (Fsp3) is 0.389. The van der Waals surface area contributed by atoms with E-state index in [9.17, 15) is 9.18 Å². The molecule has 1 aromatic carbocycles. The van der Waals surface area contributed by atoms with Crippen molar-refractivity contribution in [3.8, 4) is 11.3 Å². The SMILES string of the molecule is CC[C@@H](C(=N)C(=O)OC(C)(C)C)c1ncc(-c2ccc(Br)cc2F)[nH]1. The van der Waals surface area contributed by atoms with E-state index in [-0.39, 0.29) is 11.5 Å². The highest BCUT2D eigenvalue weighted by molar-refractivity contribution is 9.10. The second kappa shape index (κ2) is 7.47. The molecule has 0 bridgehead atoms. The molecule has 0 aliphatic heterocycles. The molecule has 0 radical (unpaired) electrons. The Balaban J connectivity index is 2.26. The largest absolute Gasteiger partial charge is 0.455 e. The number of aromatic nitrogens is 2. The van der Waals surface area contributed by atoms with E-state index >= 15 is 0 Å². The standard InChI is InChI=1S/C18H21BrFN3O2/c1-5-11(15(21)17(24)25-18(2,3)4)16-22-9-14(23-16)12-7-6-10(19)8-13(12)20/h6-9,11,21H,5H2,1-4H3,(H,22,23)/t11-/m0/s1. The molecular formula is C18H21BrFN3O2. The quantitative estimate of drug-likeness (QED) is 0.547. The van der Waals surface area contributed by atoms with Crippen LogP contribution >= 0.6 is 15.9 Å². The van der Waals surface area contributed by atoms with Gasteiger partial charge in [-0.15, -0.1) is 0 Å². The molecule has 2 N–H and O–H groups in total. The molecule has 0 saturated carbocycles. The van der Waals surface area contributed by atoms with Crippen molar-refractivity contribution >= 4 is 27.6 Å². The van der Waals surface area contributed by atoms with E-state index < -0.39 is 17.5 Å². The first-order chi connectivity index (χ1) is 11.6. The van der Waals surface area contributed by atoms with Crippen molar-refractivity contribution < 1.29 is 13.9 Å². The van der Waals surface area contributed by atoms with Crippen molar-refractivity contribution in [1.82, 2.24) is 9.97 Å². The lowest BCUT2D eigenvalue weighted by Crippen LogP contribution is -2.31. The van der Waals surface area contributed by atoms with Gasteiger partial charge in [0.1, 0.15) is 23.0 Å². The zero-order valence-corrected chi connectivity index (χ0v) is 16.2. The van der Waals surface area contributed by atoms with Gasteiger partial charge in [0.2, 0.25) is 0 Å². The molecular weight excluding hydrogens is 389 g/mol. The van der Waals surface area contributed by atoms with Gasteiger partial charge < -0.3 is 9.72 Å². The van der Waals surface area contributed by atoms with E-state index in [4.69, 9.17) is 10.1 Å². The Kier molecular flexibility index (Phi) is 5.77. The van der Waals surface area contributed by atoms with Crippen molar-refractivity contribution in [2.75, 3.05) is 0 Å². The van der Waals surface area contributed by atoms with E-state index in [1.807, 2.05) is 6.92 Å². The maximum Gasteiger partial charge on any atom is 0.353 e. The summed E-state index contributed by atoms with van der Waals surface area (Å²) in [7, 11) is 0. The Morgan fingerprint density at radius 3 is 2.68 bits per heavy atom. The summed E-state index contributed by atoms with van der Waals surface area (Å²) in [5.74, 6) is -1.16. The second-order valence-corrected chi connectivity index (χ2v) is 7.60. The third kappa shape index (κ3) is 4.75. The van der Waals surface area contributed by atoms with E-state index in [2.05, 4.69) is 25.9 Å². The average Bonchev–Trinajstić information content (AvgIpc) is 2.95. The summed E-state index contributed by atoms with van der Waals surface area (Å²) in [5.41, 5.74) is 0.0296. The molecule has 5 nitrogen and oxygen atoms in total. The predicted octanol–water partition coefficient (Wildman–Crippen LogP) is 4.83. The number of carbonyl (C=O) groups is 1. The number of halogens is 2. The molecule has 0 saturated heterocycles. The number of hydrogen-bond acceptors (Lipinski definition) is 4. The van der Waals surface area contributed by atoms with Gasteiger partial charge >= 0.3 is 5.97 Å². The minimum atomic E-state index is -0.674. The molecule has 0 unspecified atom stereocenters. The highest BCUT2D eigenvalue weighted by Crippen LogP contribution is 2.27. The number of ether oxygens (including phenoxy) is 1. The second-order valence-electron chi connectivity index (χ2n) is 6.68. The molecule has 2 rings (SSSR count). The molecule has 0 spiro atoms. The van der Waals surface area contributed by atoms with Crippen LogP contribution in [0, 0.1) is 11.2 Å². The number of H-pyrrole nitrogens is 1. The first-order valence-electron chi connectivity index (χ1n) is 7.94. The topological polar surface area (TPSA) is 78.8 Å². The Bertz CT molecular complexity index is 796. The summed E-state index contributed by atoms with van der Waals surface area (Å²) in [4.78, 5) is 19.4. The summed E-state index contributed by atoms with van der Waals surface area (Å²) in [5, 5.41) is 8.14. The number of rotatable bonds is 5. The van der Waals surface area contributed by atoms with Gasteiger partial charge in [0, 0.05) is 10.0 Å². The molecule has 25 heavy (non-hydrogen) atoms. The molecule has 1 heterocycles. The highest BCUT2D eigenvalue weighted by Gasteiger charge is 2.28. The molecule has 134 valence electrons. The van der Waals surface area contributed by atoms with Gasteiger partial charge in [-0.25, -0.2) is 14.2 Å². The van der Waals surface area contributed by atoms with Crippen LogP contribution in [0.5, 0.6) is 0 Å². The van der Waals surface area contributed by atoms with Gasteiger partial charge in [-0.2, -0.15) is 0 Å². The van der Waals surface area contributed by atoms with Gasteiger partial charge in [-0.1, -0.05) is 22.9 Å². The van der Waals surface area contributed by atoms with Gasteiger partial charge in [0.05, 0.1) is 17.8 Å². The van der Waals surface area contributed by atoms with Gasteiger partial charge in [0.25, 0.3) is 0 Å². The Morgan fingerprint density at radius 1 is 1.44 bits per heavy atom. The van der Waals surface area contributed by atoms with Crippen LogP contribution in [0.1, 0.15) is 45.9 Å². The molecule has 7 heteroatoms. The molecule has 0 aliphatic carbocycles. The van der Waals surface area contributed by atoms with Crippen molar-refractivity contribution in [3.63, 3.8) is 0 Å². The molecule has 0 fully saturated rings. The number of nitrogens with zero attached hydrogens (tertiary/aromatic N) is 1. The number of esters is 1. The monoisotopic (exact) mass is 409 g/mol. The fourth-order valence-corrected chi connectivity index (χ4v) is 2.70. The van der Waals surface area contributed by atoms with Crippen LogP contribution in [0.4, 0.5) is 4.39 Å². The number of nitrogens with one attached hydrogen (secondary N) is 2. The summed E-state index contributed by atoms with van der Waals surface area (Å²) < 4.78 is 20.0. The van der Waals surface area contributed by atoms with Gasteiger partial charge in [0.15, 0.2) is 0 Å². The van der Waals surface area contributed by atoms with E-state index in [0.717, 1.165) is 0 Å².